The predicted octanol–water partition coefficient (Wildman–Crippen LogP) is 5.15. The number of aromatic nitrogens is 3. The summed E-state index contributed by atoms with van der Waals surface area (Å²) in [4.78, 5) is 23.1. The lowest BCUT2D eigenvalue weighted by atomic mass is 10.1. The number of carbonyl (C=O) groups is 1. The average Bonchev–Trinajstić information content (AvgIpc) is 3.32. The second kappa shape index (κ2) is 9.98. The third-order valence-corrected chi connectivity index (χ3v) is 6.22. The molecule has 0 unspecified atom stereocenters. The van der Waals surface area contributed by atoms with E-state index in [0.717, 1.165) is 12.8 Å². The van der Waals surface area contributed by atoms with Crippen LogP contribution in [0.4, 0.5) is 15.9 Å². The van der Waals surface area contributed by atoms with E-state index in [1.54, 1.807) is 49.3 Å². The van der Waals surface area contributed by atoms with Crippen LogP contribution in [-0.2, 0) is 0 Å². The van der Waals surface area contributed by atoms with E-state index in [9.17, 15) is 9.18 Å². The molecule has 0 spiro atoms. The molecule has 1 N–H and O–H groups in total. The molecule has 1 amide bonds. The minimum atomic E-state index is -0.579. The zero-order chi connectivity index (χ0) is 25.2. The van der Waals surface area contributed by atoms with Gasteiger partial charge in [0, 0.05) is 24.1 Å². The SMILES string of the molecule is COc1cc2ncnc(Nc3cccc(Cl)c3F)c2cc1O[C@@H]1CCCN(C(=O)c2cc(C)no2)C1. The third kappa shape index (κ3) is 4.76. The van der Waals surface area contributed by atoms with Crippen molar-refractivity contribution in [2.24, 2.45) is 0 Å². The zero-order valence-electron chi connectivity index (χ0n) is 19.6. The molecule has 1 atom stereocenters. The molecule has 1 aliphatic rings. The summed E-state index contributed by atoms with van der Waals surface area (Å²) in [5.74, 6) is 0.731. The summed E-state index contributed by atoms with van der Waals surface area (Å²) in [7, 11) is 1.54. The second-order valence-corrected chi connectivity index (χ2v) is 8.84. The Morgan fingerprint density at radius 3 is 2.89 bits per heavy atom. The van der Waals surface area contributed by atoms with Gasteiger partial charge in [0.05, 0.1) is 35.6 Å². The van der Waals surface area contributed by atoms with Gasteiger partial charge < -0.3 is 24.2 Å². The lowest BCUT2D eigenvalue weighted by Crippen LogP contribution is -2.44. The first kappa shape index (κ1) is 23.8. The number of anilines is 2. The van der Waals surface area contributed by atoms with E-state index in [1.807, 2.05) is 0 Å². The molecule has 3 heterocycles. The number of amides is 1. The topological polar surface area (TPSA) is 103 Å². The lowest BCUT2D eigenvalue weighted by Gasteiger charge is -2.32. The lowest BCUT2D eigenvalue weighted by molar-refractivity contribution is 0.0497. The van der Waals surface area contributed by atoms with Crippen LogP contribution in [0.15, 0.2) is 47.2 Å². The summed E-state index contributed by atoms with van der Waals surface area (Å²) in [6.45, 7) is 2.74. The highest BCUT2D eigenvalue weighted by molar-refractivity contribution is 6.31. The van der Waals surface area contributed by atoms with Crippen LogP contribution in [0.5, 0.6) is 11.5 Å². The number of benzene rings is 2. The predicted molar refractivity (Wildman–Crippen MR) is 132 cm³/mol. The number of methoxy groups -OCH3 is 1. The molecular formula is C25H23ClFN5O4. The largest absolute Gasteiger partial charge is 0.493 e. The molecule has 1 fully saturated rings. The van der Waals surface area contributed by atoms with E-state index in [-0.39, 0.29) is 28.5 Å². The van der Waals surface area contributed by atoms with Crippen LogP contribution in [0, 0.1) is 12.7 Å². The van der Waals surface area contributed by atoms with Gasteiger partial charge in [-0.3, -0.25) is 4.79 Å². The van der Waals surface area contributed by atoms with Gasteiger partial charge in [0.1, 0.15) is 18.2 Å². The number of hydrogen-bond acceptors (Lipinski definition) is 8. The Kier molecular flexibility index (Phi) is 6.60. The van der Waals surface area contributed by atoms with Gasteiger partial charge in [-0.05, 0) is 38.0 Å². The molecule has 2 aromatic heterocycles. The first-order valence-corrected chi connectivity index (χ1v) is 11.7. The fraction of sp³-hybridized carbons (Fsp3) is 0.280. The number of rotatable bonds is 6. The normalized spacial score (nSPS) is 15.7. The van der Waals surface area contributed by atoms with E-state index in [4.69, 9.17) is 25.6 Å². The van der Waals surface area contributed by atoms with Crippen molar-refractivity contribution < 1.29 is 23.2 Å². The summed E-state index contributed by atoms with van der Waals surface area (Å²) >= 11 is 5.92. The van der Waals surface area contributed by atoms with Crippen molar-refractivity contribution >= 4 is 39.9 Å². The molecule has 186 valence electrons. The Bertz CT molecular complexity index is 1430. The van der Waals surface area contributed by atoms with E-state index in [0.29, 0.717) is 47.0 Å². The molecule has 0 aliphatic carbocycles. The average molecular weight is 512 g/mol. The van der Waals surface area contributed by atoms with E-state index >= 15 is 0 Å². The molecule has 0 saturated carbocycles. The van der Waals surface area contributed by atoms with E-state index in [1.165, 1.54) is 12.4 Å². The van der Waals surface area contributed by atoms with Crippen LogP contribution in [0.3, 0.4) is 0 Å². The van der Waals surface area contributed by atoms with Crippen LogP contribution in [0.2, 0.25) is 5.02 Å². The van der Waals surface area contributed by atoms with E-state index < -0.39 is 5.82 Å². The Labute approximate surface area is 211 Å². The van der Waals surface area contributed by atoms with Gasteiger partial charge in [0.25, 0.3) is 5.91 Å². The molecule has 1 saturated heterocycles. The summed E-state index contributed by atoms with van der Waals surface area (Å²) in [5, 5.41) is 7.40. The first-order valence-electron chi connectivity index (χ1n) is 11.4. The molecule has 11 heteroatoms. The summed E-state index contributed by atoms with van der Waals surface area (Å²) in [5.41, 5.74) is 1.42. The van der Waals surface area contributed by atoms with Gasteiger partial charge in [-0.15, -0.1) is 0 Å². The maximum Gasteiger partial charge on any atom is 0.292 e. The Morgan fingerprint density at radius 1 is 1.25 bits per heavy atom. The summed E-state index contributed by atoms with van der Waals surface area (Å²) in [6.07, 6.45) is 2.63. The maximum absolute atomic E-state index is 14.5. The van der Waals surface area contributed by atoms with Gasteiger partial charge in [-0.1, -0.05) is 22.8 Å². The standard InChI is InChI=1S/C25H23ClFN5O4/c1-14-9-22(36-31-14)25(33)32-8-4-5-15(12-32)35-21-10-16-19(11-20(21)34-2)28-13-29-24(16)30-18-7-3-6-17(26)23(18)27/h3,6-7,9-11,13,15H,4-5,8,12H2,1-2H3,(H,28,29,30)/t15-/m1/s1. The van der Waals surface area contributed by atoms with Crippen LogP contribution in [-0.4, -0.2) is 52.2 Å². The Hall–Kier alpha value is -3.92. The van der Waals surface area contributed by atoms with Crippen molar-refractivity contribution in [3.05, 3.63) is 65.0 Å². The molecule has 1 aliphatic heterocycles. The summed E-state index contributed by atoms with van der Waals surface area (Å²) in [6, 6.07) is 9.79. The number of nitrogens with zero attached hydrogens (tertiary/aromatic N) is 4. The van der Waals surface area contributed by atoms with Crippen LogP contribution in [0.25, 0.3) is 10.9 Å². The summed E-state index contributed by atoms with van der Waals surface area (Å²) < 4.78 is 31.5. The number of carbonyl (C=O) groups excluding carboxylic acids is 1. The van der Waals surface area contributed by atoms with Crippen molar-refractivity contribution in [3.8, 4) is 11.5 Å². The fourth-order valence-corrected chi connectivity index (χ4v) is 4.34. The molecule has 0 radical (unpaired) electrons. The number of piperidine rings is 1. The third-order valence-electron chi connectivity index (χ3n) is 5.92. The molecule has 5 rings (SSSR count). The van der Waals surface area contributed by atoms with Crippen molar-refractivity contribution in [2.45, 2.75) is 25.9 Å². The quantitative estimate of drug-likeness (QED) is 0.379. The van der Waals surface area contributed by atoms with Crippen molar-refractivity contribution in [3.63, 3.8) is 0 Å². The van der Waals surface area contributed by atoms with E-state index in [2.05, 4.69) is 20.4 Å². The number of aryl methyl sites for hydroxylation is 1. The van der Waals surface area contributed by atoms with Gasteiger partial charge >= 0.3 is 0 Å². The molecule has 36 heavy (non-hydrogen) atoms. The van der Waals surface area contributed by atoms with Crippen molar-refractivity contribution in [2.75, 3.05) is 25.5 Å². The van der Waals surface area contributed by atoms with Crippen LogP contribution in [0.1, 0.15) is 29.1 Å². The smallest absolute Gasteiger partial charge is 0.292 e. The van der Waals surface area contributed by atoms with Gasteiger partial charge in [0.2, 0.25) is 5.76 Å². The number of fused-ring (bicyclic) bond motifs is 1. The first-order chi connectivity index (χ1) is 17.4. The fourth-order valence-electron chi connectivity index (χ4n) is 4.16. The number of halogens is 2. The van der Waals surface area contributed by atoms with Crippen LogP contribution >= 0.6 is 11.6 Å². The number of nitrogens with one attached hydrogen (secondary N) is 1. The number of hydrogen-bond donors (Lipinski definition) is 1. The minimum Gasteiger partial charge on any atom is -0.493 e. The van der Waals surface area contributed by atoms with Crippen molar-refractivity contribution in [1.29, 1.82) is 0 Å². The molecule has 4 aromatic rings. The molecule has 0 bridgehead atoms. The minimum absolute atomic E-state index is 0.000873. The Morgan fingerprint density at radius 2 is 2.11 bits per heavy atom. The highest BCUT2D eigenvalue weighted by atomic mass is 35.5. The highest BCUT2D eigenvalue weighted by Gasteiger charge is 2.28. The van der Waals surface area contributed by atoms with Gasteiger partial charge in [-0.25, -0.2) is 14.4 Å². The molecule has 9 nitrogen and oxygen atoms in total. The van der Waals surface area contributed by atoms with Crippen LogP contribution < -0.4 is 14.8 Å². The Balaban J connectivity index is 1.42. The van der Waals surface area contributed by atoms with Gasteiger partial charge in [-0.2, -0.15) is 0 Å². The zero-order valence-corrected chi connectivity index (χ0v) is 20.4. The molecule has 2 aromatic carbocycles. The number of ether oxygens (including phenoxy) is 2. The van der Waals surface area contributed by atoms with Gasteiger partial charge in [0.15, 0.2) is 17.3 Å². The maximum atomic E-state index is 14.5. The highest BCUT2D eigenvalue weighted by Crippen LogP contribution is 2.36. The molecular weight excluding hydrogens is 489 g/mol. The van der Waals surface area contributed by atoms with Crippen molar-refractivity contribution in [1.82, 2.24) is 20.0 Å². The monoisotopic (exact) mass is 511 g/mol. The second-order valence-electron chi connectivity index (χ2n) is 8.43. The number of likely N-dealkylation sites (tertiary alicyclic amines) is 1.